The minimum absolute atomic E-state index is 0.369. The standard InChI is InChI=1S/C49H31N3O/c1-2-12-33(13-3-1)47-50-48(36-23-21-32-19-18-31-11-5-7-15-39(31)42(32)27-36)52-49(51-47)43-28-37(29-45-46(43)41-16-8-9-17-44(41)53-45)34-24-25-40-35(26-34)22-20-30-10-4-6-14-38(30)40/h1-29,48H,(H,50,51,52). The molecule has 1 aliphatic heterocycles. The van der Waals surface area contributed by atoms with E-state index in [4.69, 9.17) is 14.4 Å². The molecule has 4 heteroatoms. The summed E-state index contributed by atoms with van der Waals surface area (Å²) in [6.45, 7) is 0. The Morgan fingerprint density at radius 3 is 1.89 bits per heavy atom. The van der Waals surface area contributed by atoms with Crippen LogP contribution in [-0.2, 0) is 0 Å². The summed E-state index contributed by atoms with van der Waals surface area (Å²) >= 11 is 0. The van der Waals surface area contributed by atoms with Crippen LogP contribution in [0.5, 0.6) is 0 Å². The summed E-state index contributed by atoms with van der Waals surface area (Å²) in [5, 5.41) is 15.5. The Balaban J connectivity index is 1.14. The van der Waals surface area contributed by atoms with Gasteiger partial charge >= 0.3 is 0 Å². The molecule has 2 heterocycles. The van der Waals surface area contributed by atoms with Crippen LogP contribution in [0.2, 0.25) is 0 Å². The molecule has 248 valence electrons. The van der Waals surface area contributed by atoms with Gasteiger partial charge in [0, 0.05) is 21.9 Å². The minimum Gasteiger partial charge on any atom is -0.456 e. The van der Waals surface area contributed by atoms with Crippen LogP contribution in [0.4, 0.5) is 0 Å². The number of fused-ring (bicyclic) bond motifs is 9. The predicted molar refractivity (Wildman–Crippen MR) is 221 cm³/mol. The average Bonchev–Trinajstić information content (AvgIpc) is 3.61. The van der Waals surface area contributed by atoms with Gasteiger partial charge in [-0.25, -0.2) is 9.98 Å². The average molecular weight is 678 g/mol. The smallest absolute Gasteiger partial charge is 0.160 e. The zero-order chi connectivity index (χ0) is 34.9. The molecule has 53 heavy (non-hydrogen) atoms. The molecule has 10 aromatic rings. The molecule has 1 aromatic heterocycles. The van der Waals surface area contributed by atoms with Crippen LogP contribution in [0.25, 0.3) is 76.2 Å². The van der Waals surface area contributed by atoms with E-state index < -0.39 is 0 Å². The quantitative estimate of drug-likeness (QED) is 0.189. The second-order valence-corrected chi connectivity index (χ2v) is 13.8. The summed E-state index contributed by atoms with van der Waals surface area (Å²) < 4.78 is 6.58. The maximum absolute atomic E-state index is 6.58. The zero-order valence-corrected chi connectivity index (χ0v) is 28.6. The Morgan fingerprint density at radius 2 is 1.08 bits per heavy atom. The van der Waals surface area contributed by atoms with Crippen LogP contribution in [0.3, 0.4) is 0 Å². The van der Waals surface area contributed by atoms with E-state index in [9.17, 15) is 0 Å². The SMILES string of the molecule is c1ccc(C2=NC(c3cc(-c4ccc5c(ccc6ccccc65)c4)cc4oc5ccccc5c34)=NC(c3ccc4ccc5ccccc5c4c3)N2)cc1. The van der Waals surface area contributed by atoms with Crippen LogP contribution >= 0.6 is 0 Å². The largest absolute Gasteiger partial charge is 0.456 e. The molecule has 0 fully saturated rings. The molecule has 0 spiro atoms. The maximum Gasteiger partial charge on any atom is 0.160 e. The van der Waals surface area contributed by atoms with Gasteiger partial charge in [-0.15, -0.1) is 0 Å². The first kappa shape index (κ1) is 29.7. The molecule has 0 aliphatic carbocycles. The Hall–Kier alpha value is -7.04. The fourth-order valence-corrected chi connectivity index (χ4v) is 8.06. The van der Waals surface area contributed by atoms with Crippen LogP contribution in [-0.4, -0.2) is 11.7 Å². The molecule has 0 radical (unpaired) electrons. The monoisotopic (exact) mass is 677 g/mol. The number of hydrogen-bond donors (Lipinski definition) is 1. The lowest BCUT2D eigenvalue weighted by Crippen LogP contribution is -2.33. The molecule has 0 amide bonds. The van der Waals surface area contributed by atoms with E-state index in [2.05, 4.69) is 151 Å². The molecule has 0 bridgehead atoms. The summed E-state index contributed by atoms with van der Waals surface area (Å²) in [6.07, 6.45) is -0.369. The number of rotatable bonds is 4. The summed E-state index contributed by atoms with van der Waals surface area (Å²) in [6, 6.07) is 62.3. The van der Waals surface area contributed by atoms with E-state index in [1.54, 1.807) is 0 Å². The van der Waals surface area contributed by atoms with Crippen molar-refractivity contribution in [2.45, 2.75) is 6.17 Å². The number of nitrogens with one attached hydrogen (secondary N) is 1. The van der Waals surface area contributed by atoms with Gasteiger partial charge in [-0.3, -0.25) is 0 Å². The third-order valence-corrected chi connectivity index (χ3v) is 10.7. The van der Waals surface area contributed by atoms with Gasteiger partial charge in [0.15, 0.2) is 5.84 Å². The molecule has 1 aliphatic rings. The second-order valence-electron chi connectivity index (χ2n) is 13.8. The summed E-state index contributed by atoms with van der Waals surface area (Å²) in [5.41, 5.74) is 6.81. The Morgan fingerprint density at radius 1 is 0.434 bits per heavy atom. The summed E-state index contributed by atoms with van der Waals surface area (Å²) in [4.78, 5) is 10.7. The Labute approximate surface area is 305 Å². The summed E-state index contributed by atoms with van der Waals surface area (Å²) in [7, 11) is 0. The first-order valence-corrected chi connectivity index (χ1v) is 18.0. The van der Waals surface area contributed by atoms with Gasteiger partial charge in [-0.05, 0) is 90.1 Å². The van der Waals surface area contributed by atoms with Crippen molar-refractivity contribution < 1.29 is 4.42 Å². The molecule has 1 N–H and O–H groups in total. The number of para-hydroxylation sites is 1. The molecule has 11 rings (SSSR count). The highest BCUT2D eigenvalue weighted by Gasteiger charge is 2.25. The molecule has 0 saturated heterocycles. The van der Waals surface area contributed by atoms with Gasteiger partial charge in [0.1, 0.15) is 23.2 Å². The molecule has 1 atom stereocenters. The van der Waals surface area contributed by atoms with E-state index in [0.717, 1.165) is 55.6 Å². The number of nitrogens with zero attached hydrogens (tertiary/aromatic N) is 2. The number of benzene rings is 9. The van der Waals surface area contributed by atoms with E-state index in [1.165, 1.54) is 43.1 Å². The number of hydrogen-bond acceptors (Lipinski definition) is 4. The lowest BCUT2D eigenvalue weighted by molar-refractivity contribution is 0.668. The van der Waals surface area contributed by atoms with Crippen molar-refractivity contribution in [3.8, 4) is 11.1 Å². The van der Waals surface area contributed by atoms with Crippen LogP contribution < -0.4 is 5.32 Å². The number of aliphatic imine (C=N–C) groups is 2. The highest BCUT2D eigenvalue weighted by Crippen LogP contribution is 2.39. The van der Waals surface area contributed by atoms with Gasteiger partial charge in [0.2, 0.25) is 0 Å². The van der Waals surface area contributed by atoms with Crippen molar-refractivity contribution in [1.29, 1.82) is 0 Å². The van der Waals surface area contributed by atoms with Crippen molar-refractivity contribution in [3.05, 3.63) is 193 Å². The van der Waals surface area contributed by atoms with Crippen molar-refractivity contribution in [3.63, 3.8) is 0 Å². The topological polar surface area (TPSA) is 49.9 Å². The molecule has 9 aromatic carbocycles. The third-order valence-electron chi connectivity index (χ3n) is 10.7. The van der Waals surface area contributed by atoms with Crippen molar-refractivity contribution >= 4 is 76.7 Å². The van der Waals surface area contributed by atoms with Gasteiger partial charge in [0.25, 0.3) is 0 Å². The Bertz CT molecular complexity index is 3150. The third kappa shape index (κ3) is 4.91. The van der Waals surface area contributed by atoms with Crippen molar-refractivity contribution in [1.82, 2.24) is 5.32 Å². The van der Waals surface area contributed by atoms with E-state index >= 15 is 0 Å². The van der Waals surface area contributed by atoms with Gasteiger partial charge in [-0.2, -0.15) is 0 Å². The maximum atomic E-state index is 6.58. The first-order chi connectivity index (χ1) is 26.2. The van der Waals surface area contributed by atoms with Gasteiger partial charge in [0.05, 0.1) is 0 Å². The highest BCUT2D eigenvalue weighted by atomic mass is 16.3. The van der Waals surface area contributed by atoms with E-state index in [0.29, 0.717) is 5.84 Å². The van der Waals surface area contributed by atoms with E-state index in [-0.39, 0.29) is 6.17 Å². The molecule has 1 unspecified atom stereocenters. The van der Waals surface area contributed by atoms with Crippen LogP contribution in [0.1, 0.15) is 22.9 Å². The van der Waals surface area contributed by atoms with Gasteiger partial charge < -0.3 is 9.73 Å². The number of amidine groups is 2. The van der Waals surface area contributed by atoms with E-state index in [1.807, 2.05) is 30.3 Å². The molecular formula is C49H31N3O. The first-order valence-electron chi connectivity index (χ1n) is 18.0. The Kier molecular flexibility index (Phi) is 6.58. The number of furan rings is 1. The van der Waals surface area contributed by atoms with Crippen LogP contribution in [0, 0.1) is 0 Å². The zero-order valence-electron chi connectivity index (χ0n) is 28.6. The highest BCUT2D eigenvalue weighted by molar-refractivity contribution is 6.23. The van der Waals surface area contributed by atoms with Crippen LogP contribution in [0.15, 0.2) is 190 Å². The fourth-order valence-electron chi connectivity index (χ4n) is 8.06. The normalized spacial score (nSPS) is 14.6. The second kappa shape index (κ2) is 11.8. The fraction of sp³-hybridized carbons (Fsp3) is 0.0204. The van der Waals surface area contributed by atoms with Crippen molar-refractivity contribution in [2.24, 2.45) is 9.98 Å². The lowest BCUT2D eigenvalue weighted by atomic mass is 9.94. The van der Waals surface area contributed by atoms with Crippen molar-refractivity contribution in [2.75, 3.05) is 0 Å². The molecular weight excluding hydrogens is 647 g/mol. The van der Waals surface area contributed by atoms with Gasteiger partial charge in [-0.1, -0.05) is 146 Å². The molecule has 4 nitrogen and oxygen atoms in total. The predicted octanol–water partition coefficient (Wildman–Crippen LogP) is 12.4. The minimum atomic E-state index is -0.369. The summed E-state index contributed by atoms with van der Waals surface area (Å²) in [5.74, 6) is 1.44. The lowest BCUT2D eigenvalue weighted by Gasteiger charge is -2.24. The molecule has 0 saturated carbocycles.